The van der Waals surface area contributed by atoms with Crippen LogP contribution in [-0.2, 0) is 4.79 Å². The highest BCUT2D eigenvalue weighted by atomic mass is 16.5. The Morgan fingerprint density at radius 2 is 2.06 bits per heavy atom. The molecule has 0 atom stereocenters. The van der Waals surface area contributed by atoms with E-state index in [1.54, 1.807) is 7.11 Å². The lowest BCUT2D eigenvalue weighted by Crippen LogP contribution is -2.30. The fraction of sp³-hybridized carbons (Fsp3) is 0.500. The van der Waals surface area contributed by atoms with Crippen LogP contribution in [0.1, 0.15) is 26.7 Å². The molecule has 0 fully saturated rings. The summed E-state index contributed by atoms with van der Waals surface area (Å²) >= 11 is 0. The summed E-state index contributed by atoms with van der Waals surface area (Å²) < 4.78 is 10.6. The van der Waals surface area contributed by atoms with Gasteiger partial charge in [0.1, 0.15) is 11.5 Å². The van der Waals surface area contributed by atoms with E-state index in [1.165, 1.54) is 0 Å². The highest BCUT2D eigenvalue weighted by Gasteiger charge is 2.03. The second-order valence-electron chi connectivity index (χ2n) is 4.35. The van der Waals surface area contributed by atoms with Crippen LogP contribution in [0.4, 0.5) is 0 Å². The van der Waals surface area contributed by atoms with Gasteiger partial charge in [-0.25, -0.2) is 0 Å². The van der Waals surface area contributed by atoms with E-state index in [1.807, 2.05) is 38.1 Å². The van der Waals surface area contributed by atoms with Gasteiger partial charge < -0.3 is 14.8 Å². The lowest BCUT2D eigenvalue weighted by molar-refractivity contribution is -0.121. The molecule has 0 bridgehead atoms. The summed E-state index contributed by atoms with van der Waals surface area (Å²) in [5.41, 5.74) is 0. The SMILES string of the molecule is COc1cccc(OCCCC(=O)NC(C)C)c1. The molecule has 1 aromatic carbocycles. The Morgan fingerprint density at radius 3 is 2.72 bits per heavy atom. The van der Waals surface area contributed by atoms with Crippen LogP contribution in [0, 0.1) is 0 Å². The summed E-state index contributed by atoms with van der Waals surface area (Å²) in [6.07, 6.45) is 1.19. The molecule has 0 heterocycles. The van der Waals surface area contributed by atoms with Crippen LogP contribution in [0.25, 0.3) is 0 Å². The fourth-order valence-electron chi connectivity index (χ4n) is 1.51. The van der Waals surface area contributed by atoms with Gasteiger partial charge >= 0.3 is 0 Å². The Bertz CT molecular complexity index is 377. The first-order chi connectivity index (χ1) is 8.61. The molecule has 100 valence electrons. The van der Waals surface area contributed by atoms with Crippen molar-refractivity contribution in [1.82, 2.24) is 5.32 Å². The minimum atomic E-state index is 0.0687. The van der Waals surface area contributed by atoms with Crippen LogP contribution in [0.3, 0.4) is 0 Å². The summed E-state index contributed by atoms with van der Waals surface area (Å²) in [5.74, 6) is 1.60. The molecule has 4 heteroatoms. The maximum atomic E-state index is 11.4. The standard InChI is InChI=1S/C14H21NO3/c1-11(2)15-14(16)8-5-9-18-13-7-4-6-12(10-13)17-3/h4,6-7,10-11H,5,8-9H2,1-3H3,(H,15,16). The van der Waals surface area contributed by atoms with Crippen molar-refractivity contribution < 1.29 is 14.3 Å². The number of benzene rings is 1. The first kappa shape index (κ1) is 14.4. The summed E-state index contributed by atoms with van der Waals surface area (Å²) in [6.45, 7) is 4.42. The largest absolute Gasteiger partial charge is 0.497 e. The molecule has 4 nitrogen and oxygen atoms in total. The molecular weight excluding hydrogens is 230 g/mol. The predicted octanol–water partition coefficient (Wildman–Crippen LogP) is 2.38. The normalized spacial score (nSPS) is 10.2. The molecule has 0 aliphatic carbocycles. The molecule has 1 aromatic rings. The van der Waals surface area contributed by atoms with Crippen molar-refractivity contribution in [2.75, 3.05) is 13.7 Å². The summed E-state index contributed by atoms with van der Waals surface area (Å²) in [5, 5.41) is 2.85. The van der Waals surface area contributed by atoms with Gasteiger partial charge in [-0.05, 0) is 32.4 Å². The van der Waals surface area contributed by atoms with Crippen LogP contribution in [0.5, 0.6) is 11.5 Å². The van der Waals surface area contributed by atoms with Gasteiger partial charge in [-0.1, -0.05) is 6.07 Å². The molecule has 0 aromatic heterocycles. The van der Waals surface area contributed by atoms with Gasteiger partial charge in [-0.3, -0.25) is 4.79 Å². The second-order valence-corrected chi connectivity index (χ2v) is 4.35. The summed E-state index contributed by atoms with van der Waals surface area (Å²) in [7, 11) is 1.62. The first-order valence-corrected chi connectivity index (χ1v) is 6.18. The monoisotopic (exact) mass is 251 g/mol. The quantitative estimate of drug-likeness (QED) is 0.757. The number of amides is 1. The van der Waals surface area contributed by atoms with Gasteiger partial charge in [0.15, 0.2) is 0 Å². The summed E-state index contributed by atoms with van der Waals surface area (Å²) in [6, 6.07) is 7.63. The maximum absolute atomic E-state index is 11.4. The van der Waals surface area contributed by atoms with E-state index < -0.39 is 0 Å². The zero-order valence-electron chi connectivity index (χ0n) is 11.2. The molecule has 0 radical (unpaired) electrons. The van der Waals surface area contributed by atoms with Crippen molar-refractivity contribution in [1.29, 1.82) is 0 Å². The van der Waals surface area contributed by atoms with Gasteiger partial charge in [0.2, 0.25) is 5.91 Å². The van der Waals surface area contributed by atoms with Crippen molar-refractivity contribution in [3.05, 3.63) is 24.3 Å². The molecule has 0 spiro atoms. The number of nitrogens with one attached hydrogen (secondary N) is 1. The molecule has 0 saturated heterocycles. The zero-order valence-corrected chi connectivity index (χ0v) is 11.2. The third-order valence-electron chi connectivity index (χ3n) is 2.31. The maximum Gasteiger partial charge on any atom is 0.220 e. The van der Waals surface area contributed by atoms with Gasteiger partial charge in [-0.15, -0.1) is 0 Å². The Hall–Kier alpha value is -1.71. The van der Waals surface area contributed by atoms with Gasteiger partial charge in [0.25, 0.3) is 0 Å². The van der Waals surface area contributed by atoms with E-state index in [0.29, 0.717) is 19.4 Å². The van der Waals surface area contributed by atoms with E-state index in [2.05, 4.69) is 5.32 Å². The Balaban J connectivity index is 2.23. The lowest BCUT2D eigenvalue weighted by atomic mass is 10.3. The average Bonchev–Trinajstić information content (AvgIpc) is 2.34. The van der Waals surface area contributed by atoms with Crippen molar-refractivity contribution in [3.8, 4) is 11.5 Å². The Morgan fingerprint density at radius 1 is 1.33 bits per heavy atom. The zero-order chi connectivity index (χ0) is 13.4. The third-order valence-corrected chi connectivity index (χ3v) is 2.31. The van der Waals surface area contributed by atoms with Crippen LogP contribution in [0.2, 0.25) is 0 Å². The van der Waals surface area contributed by atoms with Gasteiger partial charge in [0, 0.05) is 18.5 Å². The molecule has 0 unspecified atom stereocenters. The topological polar surface area (TPSA) is 47.6 Å². The van der Waals surface area contributed by atoms with Crippen molar-refractivity contribution in [3.63, 3.8) is 0 Å². The molecule has 18 heavy (non-hydrogen) atoms. The van der Waals surface area contributed by atoms with E-state index in [-0.39, 0.29) is 11.9 Å². The first-order valence-electron chi connectivity index (χ1n) is 6.18. The number of hydrogen-bond acceptors (Lipinski definition) is 3. The molecule has 1 rings (SSSR count). The molecule has 1 amide bonds. The highest BCUT2D eigenvalue weighted by Crippen LogP contribution is 2.18. The number of rotatable bonds is 7. The van der Waals surface area contributed by atoms with Crippen LogP contribution in [0.15, 0.2) is 24.3 Å². The second kappa shape index (κ2) is 7.58. The van der Waals surface area contributed by atoms with Gasteiger partial charge in [0.05, 0.1) is 13.7 Å². The summed E-state index contributed by atoms with van der Waals surface area (Å²) in [4.78, 5) is 11.4. The van der Waals surface area contributed by atoms with Crippen LogP contribution < -0.4 is 14.8 Å². The highest BCUT2D eigenvalue weighted by molar-refractivity contribution is 5.76. The molecule has 1 N–H and O–H groups in total. The van der Waals surface area contributed by atoms with E-state index >= 15 is 0 Å². The lowest BCUT2D eigenvalue weighted by Gasteiger charge is -2.09. The van der Waals surface area contributed by atoms with Crippen molar-refractivity contribution >= 4 is 5.91 Å². The number of carbonyl (C=O) groups excluding carboxylic acids is 1. The number of carbonyl (C=O) groups is 1. The minimum Gasteiger partial charge on any atom is -0.497 e. The van der Waals surface area contributed by atoms with Gasteiger partial charge in [-0.2, -0.15) is 0 Å². The average molecular weight is 251 g/mol. The Labute approximate surface area is 108 Å². The number of methoxy groups -OCH3 is 1. The Kier molecular flexibility index (Phi) is 6.05. The number of hydrogen-bond donors (Lipinski definition) is 1. The fourth-order valence-corrected chi connectivity index (χ4v) is 1.51. The number of ether oxygens (including phenoxy) is 2. The van der Waals surface area contributed by atoms with Crippen LogP contribution >= 0.6 is 0 Å². The minimum absolute atomic E-state index is 0.0687. The van der Waals surface area contributed by atoms with Crippen molar-refractivity contribution in [2.45, 2.75) is 32.7 Å². The van der Waals surface area contributed by atoms with Crippen molar-refractivity contribution in [2.24, 2.45) is 0 Å². The molecular formula is C14H21NO3. The smallest absolute Gasteiger partial charge is 0.220 e. The molecule has 0 aliphatic heterocycles. The van der Waals surface area contributed by atoms with E-state index in [0.717, 1.165) is 11.5 Å². The third kappa shape index (κ3) is 5.57. The molecule has 0 saturated carbocycles. The van der Waals surface area contributed by atoms with E-state index in [4.69, 9.17) is 9.47 Å². The van der Waals surface area contributed by atoms with Crippen LogP contribution in [-0.4, -0.2) is 25.7 Å². The predicted molar refractivity (Wildman–Crippen MR) is 71.0 cm³/mol. The van der Waals surface area contributed by atoms with E-state index in [9.17, 15) is 4.79 Å². The molecule has 0 aliphatic rings.